The van der Waals surface area contributed by atoms with Crippen LogP contribution in [-0.4, -0.2) is 18.6 Å². The molecule has 1 fully saturated rings. The SMILES string of the molecule is CC(=O)O[C@H](c1ccccc1)[C@H]1CCCCN1. The Morgan fingerprint density at radius 2 is 2.12 bits per heavy atom. The zero-order chi connectivity index (χ0) is 12.1. The van der Waals surface area contributed by atoms with Gasteiger partial charge in [-0.05, 0) is 24.9 Å². The average Bonchev–Trinajstić information content (AvgIpc) is 2.38. The van der Waals surface area contributed by atoms with Crippen molar-refractivity contribution < 1.29 is 9.53 Å². The number of piperidine rings is 1. The van der Waals surface area contributed by atoms with Gasteiger partial charge in [0, 0.05) is 13.0 Å². The topological polar surface area (TPSA) is 38.3 Å². The van der Waals surface area contributed by atoms with Gasteiger partial charge in [0.25, 0.3) is 0 Å². The quantitative estimate of drug-likeness (QED) is 0.815. The maximum absolute atomic E-state index is 11.2. The number of esters is 1. The molecular weight excluding hydrogens is 214 g/mol. The number of rotatable bonds is 3. The maximum atomic E-state index is 11.2. The molecule has 0 aliphatic carbocycles. The van der Waals surface area contributed by atoms with Gasteiger partial charge >= 0.3 is 5.97 Å². The largest absolute Gasteiger partial charge is 0.456 e. The third-order valence-corrected chi connectivity index (χ3v) is 3.13. The molecule has 2 rings (SSSR count). The molecule has 0 aromatic heterocycles. The smallest absolute Gasteiger partial charge is 0.303 e. The number of nitrogens with one attached hydrogen (secondary N) is 1. The van der Waals surface area contributed by atoms with Gasteiger partial charge < -0.3 is 10.1 Å². The molecule has 0 spiro atoms. The van der Waals surface area contributed by atoms with Gasteiger partial charge in [0.15, 0.2) is 0 Å². The van der Waals surface area contributed by atoms with Gasteiger partial charge in [-0.25, -0.2) is 0 Å². The summed E-state index contributed by atoms with van der Waals surface area (Å²) in [5, 5.41) is 3.45. The summed E-state index contributed by atoms with van der Waals surface area (Å²) in [7, 11) is 0. The molecule has 0 bridgehead atoms. The maximum Gasteiger partial charge on any atom is 0.303 e. The van der Waals surface area contributed by atoms with Crippen molar-refractivity contribution in [1.29, 1.82) is 0 Å². The van der Waals surface area contributed by atoms with Gasteiger partial charge in [-0.3, -0.25) is 4.79 Å². The molecule has 2 atom stereocenters. The summed E-state index contributed by atoms with van der Waals surface area (Å²) in [6.07, 6.45) is 3.31. The molecule has 1 N–H and O–H groups in total. The van der Waals surface area contributed by atoms with Crippen LogP contribution >= 0.6 is 0 Å². The highest BCUT2D eigenvalue weighted by Crippen LogP contribution is 2.26. The van der Waals surface area contributed by atoms with Gasteiger partial charge in [-0.15, -0.1) is 0 Å². The van der Waals surface area contributed by atoms with Crippen molar-refractivity contribution in [3.05, 3.63) is 35.9 Å². The highest BCUT2D eigenvalue weighted by Gasteiger charge is 2.26. The Hall–Kier alpha value is -1.35. The standard InChI is InChI=1S/C14H19NO2/c1-11(16)17-14(12-7-3-2-4-8-12)13-9-5-6-10-15-13/h2-4,7-8,13-15H,5-6,9-10H2,1H3/t13-,14-/m1/s1. The van der Waals surface area contributed by atoms with Crippen LogP contribution in [0.2, 0.25) is 0 Å². The molecule has 3 heteroatoms. The molecule has 1 heterocycles. The van der Waals surface area contributed by atoms with E-state index in [-0.39, 0.29) is 18.1 Å². The van der Waals surface area contributed by atoms with E-state index < -0.39 is 0 Å². The molecule has 0 amide bonds. The normalized spacial score (nSPS) is 21.8. The Kier molecular flexibility index (Phi) is 4.15. The summed E-state index contributed by atoms with van der Waals surface area (Å²) >= 11 is 0. The highest BCUT2D eigenvalue weighted by atomic mass is 16.5. The molecule has 17 heavy (non-hydrogen) atoms. The van der Waals surface area contributed by atoms with Crippen molar-refractivity contribution in [2.75, 3.05) is 6.54 Å². The minimum atomic E-state index is -0.216. The Morgan fingerprint density at radius 3 is 2.71 bits per heavy atom. The van der Waals surface area contributed by atoms with Crippen LogP contribution in [0.4, 0.5) is 0 Å². The van der Waals surface area contributed by atoms with Crippen molar-refractivity contribution in [3.8, 4) is 0 Å². The predicted octanol–water partition coefficient (Wildman–Crippen LogP) is 2.43. The number of carbonyl (C=O) groups excluding carboxylic acids is 1. The summed E-state index contributed by atoms with van der Waals surface area (Å²) in [5.41, 5.74) is 1.07. The van der Waals surface area contributed by atoms with Crippen LogP contribution in [0.5, 0.6) is 0 Å². The molecule has 1 aromatic carbocycles. The second-order valence-electron chi connectivity index (χ2n) is 4.50. The Balaban J connectivity index is 2.15. The summed E-state index contributed by atoms with van der Waals surface area (Å²) in [6.45, 7) is 2.48. The Labute approximate surface area is 102 Å². The fourth-order valence-electron chi connectivity index (χ4n) is 2.34. The number of ether oxygens (including phenoxy) is 1. The molecule has 1 saturated heterocycles. The third kappa shape index (κ3) is 3.30. The van der Waals surface area contributed by atoms with Crippen molar-refractivity contribution in [3.63, 3.8) is 0 Å². The van der Waals surface area contributed by atoms with Gasteiger partial charge in [-0.1, -0.05) is 36.8 Å². The number of benzene rings is 1. The monoisotopic (exact) mass is 233 g/mol. The van der Waals surface area contributed by atoms with Gasteiger partial charge in [0.05, 0.1) is 0 Å². The van der Waals surface area contributed by atoms with E-state index >= 15 is 0 Å². The zero-order valence-electron chi connectivity index (χ0n) is 10.2. The van der Waals surface area contributed by atoms with Crippen molar-refractivity contribution >= 4 is 5.97 Å². The molecular formula is C14H19NO2. The molecule has 1 aromatic rings. The van der Waals surface area contributed by atoms with Crippen LogP contribution in [0, 0.1) is 0 Å². The van der Waals surface area contributed by atoms with E-state index in [0.717, 1.165) is 18.5 Å². The van der Waals surface area contributed by atoms with E-state index in [1.807, 2.05) is 30.3 Å². The fourth-order valence-corrected chi connectivity index (χ4v) is 2.34. The molecule has 1 aliphatic heterocycles. The lowest BCUT2D eigenvalue weighted by molar-refractivity contribution is -0.148. The first-order chi connectivity index (χ1) is 8.27. The van der Waals surface area contributed by atoms with E-state index in [1.165, 1.54) is 19.8 Å². The second-order valence-corrected chi connectivity index (χ2v) is 4.50. The van der Waals surface area contributed by atoms with E-state index in [9.17, 15) is 4.79 Å². The van der Waals surface area contributed by atoms with E-state index in [0.29, 0.717) is 0 Å². The van der Waals surface area contributed by atoms with Crippen LogP contribution in [0.1, 0.15) is 37.9 Å². The number of hydrogen-bond acceptors (Lipinski definition) is 3. The van der Waals surface area contributed by atoms with Crippen LogP contribution in [-0.2, 0) is 9.53 Å². The highest BCUT2D eigenvalue weighted by molar-refractivity contribution is 5.66. The number of hydrogen-bond donors (Lipinski definition) is 1. The zero-order valence-corrected chi connectivity index (χ0v) is 10.2. The van der Waals surface area contributed by atoms with E-state index in [2.05, 4.69) is 5.32 Å². The molecule has 92 valence electrons. The Morgan fingerprint density at radius 1 is 1.35 bits per heavy atom. The van der Waals surface area contributed by atoms with Crippen LogP contribution in [0.15, 0.2) is 30.3 Å². The first-order valence-corrected chi connectivity index (χ1v) is 6.23. The molecule has 0 saturated carbocycles. The van der Waals surface area contributed by atoms with Crippen LogP contribution in [0.3, 0.4) is 0 Å². The second kappa shape index (κ2) is 5.82. The Bertz CT molecular complexity index is 358. The van der Waals surface area contributed by atoms with Gasteiger partial charge in [0.1, 0.15) is 6.10 Å². The first-order valence-electron chi connectivity index (χ1n) is 6.23. The lowest BCUT2D eigenvalue weighted by atomic mass is 9.95. The molecule has 1 aliphatic rings. The number of carbonyl (C=O) groups is 1. The summed E-state index contributed by atoms with van der Waals surface area (Å²) in [5.74, 6) is -0.216. The minimum absolute atomic E-state index is 0.158. The van der Waals surface area contributed by atoms with Crippen molar-refractivity contribution in [1.82, 2.24) is 5.32 Å². The predicted molar refractivity (Wildman–Crippen MR) is 66.6 cm³/mol. The van der Waals surface area contributed by atoms with Crippen molar-refractivity contribution in [2.45, 2.75) is 38.3 Å². The van der Waals surface area contributed by atoms with Crippen LogP contribution in [0.25, 0.3) is 0 Å². The van der Waals surface area contributed by atoms with E-state index in [4.69, 9.17) is 4.74 Å². The average molecular weight is 233 g/mol. The summed E-state index contributed by atoms with van der Waals surface area (Å²) in [6, 6.07) is 10.2. The minimum Gasteiger partial charge on any atom is -0.456 e. The fraction of sp³-hybridized carbons (Fsp3) is 0.500. The van der Waals surface area contributed by atoms with Gasteiger partial charge in [-0.2, -0.15) is 0 Å². The van der Waals surface area contributed by atoms with Crippen LogP contribution < -0.4 is 5.32 Å². The van der Waals surface area contributed by atoms with E-state index in [1.54, 1.807) is 0 Å². The summed E-state index contributed by atoms with van der Waals surface area (Å²) in [4.78, 5) is 11.2. The lowest BCUT2D eigenvalue weighted by Crippen LogP contribution is -2.40. The molecule has 3 nitrogen and oxygen atoms in total. The first kappa shape index (κ1) is 12.1. The molecule has 0 radical (unpaired) electrons. The van der Waals surface area contributed by atoms with Crippen molar-refractivity contribution in [2.24, 2.45) is 0 Å². The third-order valence-electron chi connectivity index (χ3n) is 3.13. The molecule has 0 unspecified atom stereocenters. The lowest BCUT2D eigenvalue weighted by Gasteiger charge is -2.31. The summed E-state index contributed by atoms with van der Waals surface area (Å²) < 4.78 is 5.47. The van der Waals surface area contributed by atoms with Gasteiger partial charge in [0.2, 0.25) is 0 Å².